The summed E-state index contributed by atoms with van der Waals surface area (Å²) < 4.78 is 0. The maximum atomic E-state index is 6.03. The molecule has 0 radical (unpaired) electrons. The summed E-state index contributed by atoms with van der Waals surface area (Å²) in [6.45, 7) is 1.77. The fourth-order valence-corrected chi connectivity index (χ4v) is 8.39. The third-order valence-corrected chi connectivity index (χ3v) is 10.3. The number of hydrogen-bond acceptors (Lipinski definition) is 2. The summed E-state index contributed by atoms with van der Waals surface area (Å²) >= 11 is 0. The largest absolute Gasteiger partial charge is 0.330 e. The fraction of sp³-hybridized carbons (Fsp3) is 0.800. The second kappa shape index (κ2) is 10.6. The van der Waals surface area contributed by atoms with Crippen molar-refractivity contribution < 1.29 is 0 Å². The van der Waals surface area contributed by atoms with E-state index in [0.29, 0.717) is 5.92 Å². The van der Waals surface area contributed by atoms with Crippen molar-refractivity contribution in [1.82, 2.24) is 0 Å². The molecule has 9 atom stereocenters. The first-order valence-corrected chi connectivity index (χ1v) is 14.2. The van der Waals surface area contributed by atoms with Crippen LogP contribution in [0.15, 0.2) is 36.0 Å². The van der Waals surface area contributed by atoms with Crippen molar-refractivity contribution in [3.63, 3.8) is 0 Å². The highest BCUT2D eigenvalue weighted by molar-refractivity contribution is 5.30. The van der Waals surface area contributed by atoms with Crippen LogP contribution < -0.4 is 11.5 Å². The summed E-state index contributed by atoms with van der Waals surface area (Å²) in [5, 5.41) is 0. The number of rotatable bonds is 8. The first-order valence-electron chi connectivity index (χ1n) is 14.2. The Morgan fingerprint density at radius 2 is 1.53 bits per heavy atom. The van der Waals surface area contributed by atoms with E-state index < -0.39 is 0 Å². The van der Waals surface area contributed by atoms with Gasteiger partial charge in [0, 0.05) is 5.92 Å². The van der Waals surface area contributed by atoms with Gasteiger partial charge in [0.2, 0.25) is 0 Å². The molecule has 0 aliphatic heterocycles. The summed E-state index contributed by atoms with van der Waals surface area (Å²) in [4.78, 5) is 0. The highest BCUT2D eigenvalue weighted by Crippen LogP contribution is 2.58. The molecule has 0 aromatic rings. The van der Waals surface area contributed by atoms with Crippen molar-refractivity contribution in [3.8, 4) is 0 Å². The van der Waals surface area contributed by atoms with Crippen molar-refractivity contribution in [2.45, 2.75) is 83.5 Å². The number of allylic oxidation sites excluding steroid dienone is 6. The second-order valence-electron chi connectivity index (χ2n) is 12.0. The van der Waals surface area contributed by atoms with Gasteiger partial charge in [-0.3, -0.25) is 0 Å². The SMILES string of the molecule is NCCCCC1C=CC(C2C=CC(C3CCC(C4CC4CN)C4CCCCC34)CC2)=CC1. The zero-order valence-electron chi connectivity index (χ0n) is 20.3. The van der Waals surface area contributed by atoms with Crippen LogP contribution in [0.25, 0.3) is 0 Å². The average Bonchev–Trinajstić information content (AvgIpc) is 3.64. The van der Waals surface area contributed by atoms with Crippen LogP contribution in [0.4, 0.5) is 0 Å². The van der Waals surface area contributed by atoms with E-state index in [4.69, 9.17) is 11.5 Å². The molecule has 0 amide bonds. The van der Waals surface area contributed by atoms with Gasteiger partial charge in [0.15, 0.2) is 0 Å². The zero-order valence-corrected chi connectivity index (χ0v) is 20.3. The molecule has 0 spiro atoms. The lowest BCUT2D eigenvalue weighted by Gasteiger charge is -2.49. The van der Waals surface area contributed by atoms with Crippen LogP contribution in [0.2, 0.25) is 0 Å². The highest BCUT2D eigenvalue weighted by atomic mass is 14.6. The van der Waals surface area contributed by atoms with E-state index in [-0.39, 0.29) is 0 Å². The first kappa shape index (κ1) is 22.9. The van der Waals surface area contributed by atoms with Gasteiger partial charge >= 0.3 is 0 Å². The lowest BCUT2D eigenvalue weighted by atomic mass is 9.56. The summed E-state index contributed by atoms with van der Waals surface area (Å²) in [5.41, 5.74) is 13.3. The minimum atomic E-state index is 0.669. The van der Waals surface area contributed by atoms with Crippen molar-refractivity contribution in [3.05, 3.63) is 36.0 Å². The maximum absolute atomic E-state index is 6.03. The fourth-order valence-electron chi connectivity index (χ4n) is 8.39. The number of hydrogen-bond donors (Lipinski definition) is 2. The third kappa shape index (κ3) is 4.97. The van der Waals surface area contributed by atoms with Gasteiger partial charge in [0.25, 0.3) is 0 Å². The van der Waals surface area contributed by atoms with E-state index in [0.717, 1.165) is 60.4 Å². The maximum Gasteiger partial charge on any atom is 0.00150 e. The van der Waals surface area contributed by atoms with Gasteiger partial charge in [-0.05, 0) is 130 Å². The van der Waals surface area contributed by atoms with Gasteiger partial charge in [-0.15, -0.1) is 0 Å². The minimum absolute atomic E-state index is 0.669. The van der Waals surface area contributed by atoms with E-state index in [1.54, 1.807) is 5.57 Å². The monoisotopic (exact) mass is 436 g/mol. The van der Waals surface area contributed by atoms with Crippen molar-refractivity contribution in [1.29, 1.82) is 0 Å². The molecule has 0 aromatic carbocycles. The summed E-state index contributed by atoms with van der Waals surface area (Å²) in [6.07, 6.45) is 31.0. The Kier molecular flexibility index (Phi) is 7.59. The van der Waals surface area contributed by atoms with Crippen LogP contribution in [0.1, 0.15) is 83.5 Å². The predicted octanol–water partition coefficient (Wildman–Crippen LogP) is 6.63. The molecule has 0 saturated heterocycles. The quantitative estimate of drug-likeness (QED) is 0.331. The molecule has 2 heteroatoms. The molecule has 32 heavy (non-hydrogen) atoms. The summed E-state index contributed by atoms with van der Waals surface area (Å²) in [6, 6.07) is 0. The lowest BCUT2D eigenvalue weighted by molar-refractivity contribution is 0.0161. The molecule has 5 aliphatic carbocycles. The van der Waals surface area contributed by atoms with Crippen LogP contribution in [0, 0.1) is 53.3 Å². The van der Waals surface area contributed by atoms with Gasteiger partial charge in [-0.2, -0.15) is 0 Å². The Bertz CT molecular complexity index is 706. The molecule has 3 fully saturated rings. The van der Waals surface area contributed by atoms with E-state index in [2.05, 4.69) is 30.4 Å². The van der Waals surface area contributed by atoms with Gasteiger partial charge in [0.1, 0.15) is 0 Å². The van der Waals surface area contributed by atoms with Crippen molar-refractivity contribution in [2.75, 3.05) is 13.1 Å². The standard InChI is InChI=1S/C30H48N2/c31-18-4-3-5-21-8-10-22(11-9-21)23-12-14-24(15-13-23)26-16-17-29(30-19-25(30)20-32)28-7-2-1-6-27(26)28/h8,10-12,14,21,23-30H,1-7,9,13,15-20,31-32H2. The normalized spacial score (nSPS) is 43.6. The lowest BCUT2D eigenvalue weighted by Crippen LogP contribution is -2.41. The molecule has 3 saturated carbocycles. The Balaban J connectivity index is 1.17. The molecule has 178 valence electrons. The van der Waals surface area contributed by atoms with Crippen molar-refractivity contribution in [2.24, 2.45) is 64.7 Å². The molecule has 0 aromatic heterocycles. The molecule has 5 rings (SSSR count). The Morgan fingerprint density at radius 3 is 2.19 bits per heavy atom. The topological polar surface area (TPSA) is 52.0 Å². The first-order chi connectivity index (χ1) is 15.8. The molecule has 4 N–H and O–H groups in total. The number of fused-ring (bicyclic) bond motifs is 1. The molecule has 9 unspecified atom stereocenters. The van der Waals surface area contributed by atoms with Gasteiger partial charge < -0.3 is 11.5 Å². The molecular formula is C30H48N2. The average molecular weight is 437 g/mol. The van der Waals surface area contributed by atoms with Crippen LogP contribution >= 0.6 is 0 Å². The molecule has 0 heterocycles. The zero-order chi connectivity index (χ0) is 21.9. The Hall–Kier alpha value is -0.860. The summed E-state index contributed by atoms with van der Waals surface area (Å²) in [7, 11) is 0. The molecule has 2 nitrogen and oxygen atoms in total. The smallest absolute Gasteiger partial charge is 0.00150 e. The predicted molar refractivity (Wildman–Crippen MR) is 136 cm³/mol. The van der Waals surface area contributed by atoms with E-state index >= 15 is 0 Å². The van der Waals surface area contributed by atoms with Gasteiger partial charge in [0.05, 0.1) is 0 Å². The number of unbranched alkanes of at least 4 members (excludes halogenated alkanes) is 1. The van der Waals surface area contributed by atoms with E-state index in [1.807, 2.05) is 0 Å². The van der Waals surface area contributed by atoms with Crippen LogP contribution in [-0.4, -0.2) is 13.1 Å². The van der Waals surface area contributed by atoms with Gasteiger partial charge in [-0.25, -0.2) is 0 Å². The number of nitrogens with two attached hydrogens (primary N) is 2. The highest BCUT2D eigenvalue weighted by Gasteiger charge is 2.51. The Labute approximate surface area is 197 Å². The van der Waals surface area contributed by atoms with Crippen molar-refractivity contribution >= 4 is 0 Å². The molecule has 0 bridgehead atoms. The molecular weight excluding hydrogens is 388 g/mol. The summed E-state index contributed by atoms with van der Waals surface area (Å²) in [5.74, 6) is 8.13. The third-order valence-electron chi connectivity index (χ3n) is 10.3. The second-order valence-corrected chi connectivity index (χ2v) is 12.0. The van der Waals surface area contributed by atoms with Crippen LogP contribution in [-0.2, 0) is 0 Å². The van der Waals surface area contributed by atoms with Crippen LogP contribution in [0.3, 0.4) is 0 Å². The minimum Gasteiger partial charge on any atom is -0.330 e. The Morgan fingerprint density at radius 1 is 0.750 bits per heavy atom. The van der Waals surface area contributed by atoms with Gasteiger partial charge in [-0.1, -0.05) is 49.6 Å². The van der Waals surface area contributed by atoms with E-state index in [9.17, 15) is 0 Å². The molecule has 5 aliphatic rings. The van der Waals surface area contributed by atoms with E-state index in [1.165, 1.54) is 83.5 Å². The van der Waals surface area contributed by atoms with Crippen LogP contribution in [0.5, 0.6) is 0 Å².